The second kappa shape index (κ2) is 6.72. The van der Waals surface area contributed by atoms with Gasteiger partial charge in [0.2, 0.25) is 0 Å². The largest absolute Gasteiger partial charge is 0.477 e. The van der Waals surface area contributed by atoms with Crippen LogP contribution in [0.4, 0.5) is 11.4 Å². The maximum Gasteiger partial charge on any atom is 0.354 e. The fourth-order valence-corrected chi connectivity index (χ4v) is 1.68. The Kier molecular flexibility index (Phi) is 5.50. The van der Waals surface area contributed by atoms with E-state index in [0.29, 0.717) is 0 Å². The summed E-state index contributed by atoms with van der Waals surface area (Å²) < 4.78 is 1.34. The van der Waals surface area contributed by atoms with Gasteiger partial charge in [-0.1, -0.05) is 13.2 Å². The smallest absolute Gasteiger partial charge is 0.354 e. The van der Waals surface area contributed by atoms with E-state index in [2.05, 4.69) is 55.7 Å². The van der Waals surface area contributed by atoms with Crippen LogP contribution >= 0.6 is 31.9 Å². The van der Waals surface area contributed by atoms with Crippen molar-refractivity contribution in [3.8, 4) is 0 Å². The highest BCUT2D eigenvalue weighted by molar-refractivity contribution is 9.12. The molecule has 1 aromatic rings. The fraction of sp³-hybridized carbons (Fsp3) is 0.0833. The summed E-state index contributed by atoms with van der Waals surface area (Å²) in [7, 11) is 1.47. The van der Waals surface area contributed by atoms with Crippen molar-refractivity contribution in [2.24, 2.45) is 7.05 Å². The van der Waals surface area contributed by atoms with Gasteiger partial charge in [0.05, 0.1) is 20.3 Å². The number of aromatic carboxylic acids is 1. The standard InChI is InChI=1S/C12H11Br2N3O4/c1-5(13)10(18)15-7-4-17(3)9(12(20)21)8(7)16-11(19)6(2)14/h4H,1-2H2,3H3,(H,15,18)(H,16,19)(H,20,21). The SMILES string of the molecule is C=C(Br)C(=O)Nc1cn(C)c(C(=O)O)c1NC(=O)C(=C)Br. The molecule has 9 heteroatoms. The number of anilines is 2. The minimum Gasteiger partial charge on any atom is -0.477 e. The van der Waals surface area contributed by atoms with Crippen molar-refractivity contribution in [1.82, 2.24) is 4.57 Å². The molecule has 21 heavy (non-hydrogen) atoms. The Bertz CT molecular complexity index is 664. The van der Waals surface area contributed by atoms with Crippen molar-refractivity contribution >= 4 is 61.0 Å². The lowest BCUT2D eigenvalue weighted by molar-refractivity contribution is -0.113. The molecule has 0 unspecified atom stereocenters. The zero-order valence-electron chi connectivity index (χ0n) is 10.9. The molecule has 7 nitrogen and oxygen atoms in total. The number of carbonyl (C=O) groups is 3. The molecule has 0 fully saturated rings. The number of hydrogen-bond acceptors (Lipinski definition) is 3. The Balaban J connectivity index is 3.30. The number of halogens is 2. The summed E-state index contributed by atoms with van der Waals surface area (Å²) in [5, 5.41) is 14.0. The first kappa shape index (κ1) is 17.2. The molecule has 0 saturated carbocycles. The number of nitrogens with zero attached hydrogens (tertiary/aromatic N) is 1. The van der Waals surface area contributed by atoms with Gasteiger partial charge in [0, 0.05) is 13.2 Å². The van der Waals surface area contributed by atoms with Gasteiger partial charge in [0.15, 0.2) is 5.69 Å². The lowest BCUT2D eigenvalue weighted by Gasteiger charge is -2.08. The highest BCUT2D eigenvalue weighted by Crippen LogP contribution is 2.29. The van der Waals surface area contributed by atoms with Crippen molar-refractivity contribution in [3.05, 3.63) is 34.0 Å². The van der Waals surface area contributed by atoms with Crippen LogP contribution in [-0.4, -0.2) is 27.5 Å². The fourth-order valence-electron chi connectivity index (χ4n) is 1.48. The van der Waals surface area contributed by atoms with E-state index in [1.165, 1.54) is 17.8 Å². The molecule has 112 valence electrons. The molecule has 0 spiro atoms. The van der Waals surface area contributed by atoms with Crippen molar-refractivity contribution in [2.45, 2.75) is 0 Å². The molecule has 1 aromatic heterocycles. The maximum atomic E-state index is 11.7. The average Bonchev–Trinajstić information content (AvgIpc) is 2.65. The first-order valence-corrected chi connectivity index (χ1v) is 6.97. The van der Waals surface area contributed by atoms with E-state index in [1.807, 2.05) is 0 Å². The van der Waals surface area contributed by atoms with Crippen LogP contribution in [0.3, 0.4) is 0 Å². The van der Waals surface area contributed by atoms with Gasteiger partial charge in [0.25, 0.3) is 11.8 Å². The van der Waals surface area contributed by atoms with Crippen molar-refractivity contribution in [2.75, 3.05) is 10.6 Å². The zero-order valence-corrected chi connectivity index (χ0v) is 14.0. The third-order valence-electron chi connectivity index (χ3n) is 2.36. The summed E-state index contributed by atoms with van der Waals surface area (Å²) in [6.07, 6.45) is 1.36. The maximum absolute atomic E-state index is 11.7. The van der Waals surface area contributed by atoms with E-state index in [9.17, 15) is 19.5 Å². The number of nitrogens with one attached hydrogen (secondary N) is 2. The van der Waals surface area contributed by atoms with Gasteiger partial charge in [-0.3, -0.25) is 9.59 Å². The van der Waals surface area contributed by atoms with Crippen molar-refractivity contribution in [3.63, 3.8) is 0 Å². The number of carboxylic acid groups (broad SMARTS) is 1. The summed E-state index contributed by atoms with van der Waals surface area (Å²) in [6.45, 7) is 6.80. The van der Waals surface area contributed by atoms with Crippen LogP contribution in [-0.2, 0) is 16.6 Å². The normalized spacial score (nSPS) is 9.86. The van der Waals surface area contributed by atoms with Crippen LogP contribution in [0.5, 0.6) is 0 Å². The lowest BCUT2D eigenvalue weighted by Crippen LogP contribution is -2.17. The third-order valence-corrected chi connectivity index (χ3v) is 3.08. The van der Waals surface area contributed by atoms with E-state index in [-0.39, 0.29) is 26.0 Å². The van der Waals surface area contributed by atoms with E-state index in [1.54, 1.807) is 0 Å². The molecule has 1 heterocycles. The van der Waals surface area contributed by atoms with Crippen molar-refractivity contribution < 1.29 is 19.5 Å². The highest BCUT2D eigenvalue weighted by atomic mass is 79.9. The minimum absolute atomic E-state index is 0.0184. The molecular weight excluding hydrogens is 410 g/mol. The van der Waals surface area contributed by atoms with Gasteiger partial charge in [-0.05, 0) is 31.9 Å². The Hall–Kier alpha value is -1.87. The van der Waals surface area contributed by atoms with Gasteiger partial charge < -0.3 is 20.3 Å². The first-order chi connectivity index (χ1) is 9.65. The molecule has 0 atom stereocenters. The number of aromatic nitrogens is 1. The number of hydrogen-bond donors (Lipinski definition) is 3. The Morgan fingerprint density at radius 1 is 1.14 bits per heavy atom. The Morgan fingerprint density at radius 3 is 2.05 bits per heavy atom. The van der Waals surface area contributed by atoms with E-state index in [0.717, 1.165) is 0 Å². The number of amides is 2. The van der Waals surface area contributed by atoms with Crippen LogP contribution in [0.15, 0.2) is 28.3 Å². The minimum atomic E-state index is -1.26. The van der Waals surface area contributed by atoms with E-state index < -0.39 is 17.8 Å². The van der Waals surface area contributed by atoms with Gasteiger partial charge in [-0.25, -0.2) is 4.79 Å². The molecule has 0 radical (unpaired) electrons. The predicted octanol–water partition coefficient (Wildman–Crippen LogP) is 2.42. The summed E-state index contributed by atoms with van der Waals surface area (Å²) >= 11 is 5.81. The lowest BCUT2D eigenvalue weighted by atomic mass is 10.3. The highest BCUT2D eigenvalue weighted by Gasteiger charge is 2.23. The van der Waals surface area contributed by atoms with Crippen LogP contribution < -0.4 is 10.6 Å². The predicted molar refractivity (Wildman–Crippen MR) is 85.8 cm³/mol. The molecule has 0 bridgehead atoms. The monoisotopic (exact) mass is 419 g/mol. The van der Waals surface area contributed by atoms with E-state index >= 15 is 0 Å². The Labute approximate surface area is 137 Å². The van der Waals surface area contributed by atoms with Crippen LogP contribution in [0.1, 0.15) is 10.5 Å². The number of rotatable bonds is 5. The van der Waals surface area contributed by atoms with Gasteiger partial charge in [-0.2, -0.15) is 0 Å². The number of carboxylic acids is 1. The summed E-state index contributed by atoms with van der Waals surface area (Å²) in [5.74, 6) is -2.45. The van der Waals surface area contributed by atoms with Gasteiger partial charge in [-0.15, -0.1) is 0 Å². The average molecular weight is 421 g/mol. The number of aryl methyl sites for hydroxylation is 1. The third kappa shape index (κ3) is 4.05. The van der Waals surface area contributed by atoms with Crippen LogP contribution in [0.25, 0.3) is 0 Å². The van der Waals surface area contributed by atoms with Crippen LogP contribution in [0, 0.1) is 0 Å². The van der Waals surface area contributed by atoms with Gasteiger partial charge >= 0.3 is 5.97 Å². The molecule has 0 aliphatic carbocycles. The number of carbonyl (C=O) groups excluding carboxylic acids is 2. The summed E-state index contributed by atoms with van der Waals surface area (Å²) in [4.78, 5) is 34.6. The second-order valence-electron chi connectivity index (χ2n) is 3.90. The first-order valence-electron chi connectivity index (χ1n) is 5.39. The van der Waals surface area contributed by atoms with E-state index in [4.69, 9.17) is 0 Å². The molecule has 1 rings (SSSR count). The molecule has 2 amide bonds. The zero-order chi connectivity index (χ0) is 16.3. The molecule has 0 aromatic carbocycles. The molecule has 0 aliphatic rings. The Morgan fingerprint density at radius 2 is 1.62 bits per heavy atom. The molecular formula is C12H11Br2N3O4. The molecule has 0 saturated heterocycles. The summed E-state index contributed by atoms with van der Waals surface area (Å²) in [5.41, 5.74) is -0.104. The van der Waals surface area contributed by atoms with Crippen LogP contribution in [0.2, 0.25) is 0 Å². The topological polar surface area (TPSA) is 100 Å². The van der Waals surface area contributed by atoms with Crippen molar-refractivity contribution in [1.29, 1.82) is 0 Å². The quantitative estimate of drug-likeness (QED) is 0.636. The second-order valence-corrected chi connectivity index (χ2v) is 5.81. The van der Waals surface area contributed by atoms with Gasteiger partial charge in [0.1, 0.15) is 0 Å². The molecule has 0 aliphatic heterocycles. The summed E-state index contributed by atoms with van der Waals surface area (Å²) in [6, 6.07) is 0. The molecule has 3 N–H and O–H groups in total.